The highest BCUT2D eigenvalue weighted by Gasteiger charge is 2.05. The Morgan fingerprint density at radius 2 is 2.54 bits per heavy atom. The molecule has 13 heavy (non-hydrogen) atoms. The summed E-state index contributed by atoms with van der Waals surface area (Å²) in [7, 11) is 0. The maximum Gasteiger partial charge on any atom is 0.286 e. The first-order chi connectivity index (χ1) is 6.34. The molecule has 70 valence electrons. The van der Waals surface area contributed by atoms with Crippen molar-refractivity contribution in [2.45, 2.75) is 13.3 Å². The Hall–Kier alpha value is -1.51. The van der Waals surface area contributed by atoms with Crippen LogP contribution in [0, 0.1) is 0 Å². The van der Waals surface area contributed by atoms with Gasteiger partial charge in [-0.05, 0) is 25.5 Å². The van der Waals surface area contributed by atoms with Crippen LogP contribution in [0.2, 0.25) is 0 Å². The Morgan fingerprint density at radius 3 is 3.15 bits per heavy atom. The molecule has 0 aliphatic carbocycles. The van der Waals surface area contributed by atoms with E-state index in [-0.39, 0.29) is 5.91 Å². The molecule has 0 unspecified atom stereocenters. The van der Waals surface area contributed by atoms with Crippen molar-refractivity contribution in [3.8, 4) is 0 Å². The summed E-state index contributed by atoms with van der Waals surface area (Å²) in [6, 6.07) is 3.34. The van der Waals surface area contributed by atoms with Crippen molar-refractivity contribution in [2.75, 3.05) is 6.54 Å². The van der Waals surface area contributed by atoms with Crippen LogP contribution in [0.4, 0.5) is 0 Å². The van der Waals surface area contributed by atoms with Crippen LogP contribution in [0.25, 0.3) is 0 Å². The van der Waals surface area contributed by atoms with Gasteiger partial charge in [0, 0.05) is 6.54 Å². The van der Waals surface area contributed by atoms with E-state index in [1.54, 1.807) is 12.1 Å². The molecule has 3 nitrogen and oxygen atoms in total. The third-order valence-electron chi connectivity index (χ3n) is 1.58. The number of amides is 1. The Kier molecular flexibility index (Phi) is 3.82. The average molecular weight is 179 g/mol. The van der Waals surface area contributed by atoms with Gasteiger partial charge in [0.2, 0.25) is 0 Å². The molecule has 1 rings (SSSR count). The minimum atomic E-state index is -0.158. The van der Waals surface area contributed by atoms with Crippen LogP contribution < -0.4 is 5.32 Å². The van der Waals surface area contributed by atoms with Crippen molar-refractivity contribution in [2.24, 2.45) is 0 Å². The van der Waals surface area contributed by atoms with Gasteiger partial charge in [0.25, 0.3) is 5.91 Å². The molecule has 0 aliphatic rings. The predicted molar refractivity (Wildman–Crippen MR) is 50.5 cm³/mol. The minimum Gasteiger partial charge on any atom is -0.459 e. The lowest BCUT2D eigenvalue weighted by Gasteiger charge is -1.98. The van der Waals surface area contributed by atoms with Gasteiger partial charge in [-0.25, -0.2) is 0 Å². The van der Waals surface area contributed by atoms with Crippen LogP contribution in [0.3, 0.4) is 0 Å². The minimum absolute atomic E-state index is 0.158. The smallest absolute Gasteiger partial charge is 0.286 e. The predicted octanol–water partition coefficient (Wildman–Crippen LogP) is 1.98. The molecule has 1 amide bonds. The zero-order chi connectivity index (χ0) is 9.52. The van der Waals surface area contributed by atoms with Gasteiger partial charge in [-0.15, -0.1) is 0 Å². The van der Waals surface area contributed by atoms with Crippen LogP contribution in [0.1, 0.15) is 23.9 Å². The number of hydrogen-bond acceptors (Lipinski definition) is 2. The van der Waals surface area contributed by atoms with Gasteiger partial charge >= 0.3 is 0 Å². The van der Waals surface area contributed by atoms with E-state index < -0.39 is 0 Å². The second-order valence-electron chi connectivity index (χ2n) is 2.59. The standard InChI is InChI=1S/C10H13NO2/c1-2-3-4-7-11-10(12)9-6-5-8-13-9/h2-3,5-6,8H,4,7H2,1H3,(H,11,12)/b3-2+. The molecule has 1 aromatic heterocycles. The summed E-state index contributed by atoms with van der Waals surface area (Å²) in [4.78, 5) is 11.2. The lowest BCUT2D eigenvalue weighted by atomic mass is 10.3. The molecule has 0 aromatic carbocycles. The fourth-order valence-corrected chi connectivity index (χ4v) is 0.931. The molecule has 1 aromatic rings. The highest BCUT2D eigenvalue weighted by molar-refractivity contribution is 5.91. The second-order valence-corrected chi connectivity index (χ2v) is 2.59. The summed E-state index contributed by atoms with van der Waals surface area (Å²) in [5, 5.41) is 2.74. The van der Waals surface area contributed by atoms with Crippen molar-refractivity contribution in [1.82, 2.24) is 5.32 Å². The van der Waals surface area contributed by atoms with Crippen LogP contribution in [0.15, 0.2) is 35.0 Å². The van der Waals surface area contributed by atoms with Crippen LogP contribution in [-0.4, -0.2) is 12.5 Å². The number of furan rings is 1. The SMILES string of the molecule is C/C=C/CCNC(=O)c1ccco1. The molecule has 0 bridgehead atoms. The Balaban J connectivity index is 2.27. The summed E-state index contributed by atoms with van der Waals surface area (Å²) in [5.41, 5.74) is 0. The normalized spacial score (nSPS) is 10.5. The number of allylic oxidation sites excluding steroid dienone is 1. The molecule has 0 saturated carbocycles. The third-order valence-corrected chi connectivity index (χ3v) is 1.58. The maximum absolute atomic E-state index is 11.2. The van der Waals surface area contributed by atoms with Crippen molar-refractivity contribution in [3.63, 3.8) is 0 Å². The number of rotatable bonds is 4. The van der Waals surface area contributed by atoms with Crippen LogP contribution >= 0.6 is 0 Å². The number of nitrogens with one attached hydrogen (secondary N) is 1. The summed E-state index contributed by atoms with van der Waals surface area (Å²) in [6.45, 7) is 2.60. The molecule has 0 fully saturated rings. The van der Waals surface area contributed by atoms with E-state index in [2.05, 4.69) is 5.32 Å². The van der Waals surface area contributed by atoms with E-state index in [1.165, 1.54) is 6.26 Å². The van der Waals surface area contributed by atoms with Crippen molar-refractivity contribution in [3.05, 3.63) is 36.3 Å². The highest BCUT2D eigenvalue weighted by atomic mass is 16.3. The lowest BCUT2D eigenvalue weighted by Crippen LogP contribution is -2.23. The Bertz CT molecular complexity index is 275. The Labute approximate surface area is 77.4 Å². The van der Waals surface area contributed by atoms with Gasteiger partial charge in [0.15, 0.2) is 5.76 Å². The van der Waals surface area contributed by atoms with E-state index in [1.807, 2.05) is 19.1 Å². The van der Waals surface area contributed by atoms with E-state index in [0.717, 1.165) is 6.42 Å². The number of carbonyl (C=O) groups is 1. The van der Waals surface area contributed by atoms with Gasteiger partial charge in [-0.2, -0.15) is 0 Å². The first-order valence-corrected chi connectivity index (χ1v) is 4.27. The lowest BCUT2D eigenvalue weighted by molar-refractivity contribution is 0.0926. The highest BCUT2D eigenvalue weighted by Crippen LogP contribution is 1.98. The van der Waals surface area contributed by atoms with Gasteiger partial charge in [-0.3, -0.25) is 4.79 Å². The zero-order valence-electron chi connectivity index (χ0n) is 7.62. The summed E-state index contributed by atoms with van der Waals surface area (Å²) >= 11 is 0. The first-order valence-electron chi connectivity index (χ1n) is 4.27. The van der Waals surface area contributed by atoms with Gasteiger partial charge in [0.1, 0.15) is 0 Å². The quantitative estimate of drug-likeness (QED) is 0.567. The van der Waals surface area contributed by atoms with E-state index in [4.69, 9.17) is 4.42 Å². The Morgan fingerprint density at radius 1 is 1.69 bits per heavy atom. The monoisotopic (exact) mass is 179 g/mol. The van der Waals surface area contributed by atoms with Crippen molar-refractivity contribution in [1.29, 1.82) is 0 Å². The summed E-state index contributed by atoms with van der Waals surface area (Å²) in [6.07, 6.45) is 6.30. The van der Waals surface area contributed by atoms with Gasteiger partial charge in [0.05, 0.1) is 6.26 Å². The molecule has 1 heterocycles. The molecule has 0 spiro atoms. The van der Waals surface area contributed by atoms with E-state index >= 15 is 0 Å². The fraction of sp³-hybridized carbons (Fsp3) is 0.300. The molecule has 0 saturated heterocycles. The number of hydrogen-bond donors (Lipinski definition) is 1. The maximum atomic E-state index is 11.2. The summed E-state index contributed by atoms with van der Waals surface area (Å²) in [5.74, 6) is 0.204. The third kappa shape index (κ3) is 3.15. The second kappa shape index (κ2) is 5.19. The first kappa shape index (κ1) is 9.58. The van der Waals surface area contributed by atoms with Gasteiger partial charge < -0.3 is 9.73 Å². The molecule has 1 N–H and O–H groups in total. The molecule has 3 heteroatoms. The molecule has 0 radical (unpaired) electrons. The molecular formula is C10H13NO2. The molecular weight excluding hydrogens is 166 g/mol. The van der Waals surface area contributed by atoms with Crippen LogP contribution in [0.5, 0.6) is 0 Å². The topological polar surface area (TPSA) is 42.2 Å². The zero-order valence-corrected chi connectivity index (χ0v) is 7.62. The fourth-order valence-electron chi connectivity index (χ4n) is 0.931. The largest absolute Gasteiger partial charge is 0.459 e. The number of carbonyl (C=O) groups excluding carboxylic acids is 1. The van der Waals surface area contributed by atoms with E-state index in [0.29, 0.717) is 12.3 Å². The average Bonchev–Trinajstić information content (AvgIpc) is 2.65. The molecule has 0 atom stereocenters. The van der Waals surface area contributed by atoms with Crippen LogP contribution in [-0.2, 0) is 0 Å². The molecule has 0 aliphatic heterocycles. The van der Waals surface area contributed by atoms with Crippen molar-refractivity contribution < 1.29 is 9.21 Å². The summed E-state index contributed by atoms with van der Waals surface area (Å²) < 4.78 is 4.92. The van der Waals surface area contributed by atoms with E-state index in [9.17, 15) is 4.79 Å². The van der Waals surface area contributed by atoms with Crippen molar-refractivity contribution >= 4 is 5.91 Å². The van der Waals surface area contributed by atoms with Gasteiger partial charge in [-0.1, -0.05) is 12.2 Å².